The summed E-state index contributed by atoms with van der Waals surface area (Å²) in [5, 5.41) is 6.03. The Bertz CT molecular complexity index is 1080. The first-order valence-electron chi connectivity index (χ1n) is 10.1. The van der Waals surface area contributed by atoms with Crippen LogP contribution in [0, 0.1) is 12.7 Å². The van der Waals surface area contributed by atoms with Crippen LogP contribution in [0.1, 0.15) is 29.4 Å². The van der Waals surface area contributed by atoms with Gasteiger partial charge in [0.25, 0.3) is 5.91 Å². The van der Waals surface area contributed by atoms with E-state index in [0.717, 1.165) is 37.4 Å². The maximum absolute atomic E-state index is 14.8. The highest BCUT2D eigenvalue weighted by molar-refractivity contribution is 6.06. The van der Waals surface area contributed by atoms with E-state index in [0.29, 0.717) is 23.0 Å². The van der Waals surface area contributed by atoms with E-state index in [1.807, 2.05) is 19.2 Å². The van der Waals surface area contributed by atoms with Crippen molar-refractivity contribution in [2.75, 3.05) is 37.0 Å². The third kappa shape index (κ3) is 3.95. The van der Waals surface area contributed by atoms with E-state index in [1.165, 1.54) is 13.2 Å². The largest absolute Gasteiger partial charge is 0.496 e. The first-order chi connectivity index (χ1) is 14.5. The molecule has 1 atom stereocenters. The number of halogens is 1. The van der Waals surface area contributed by atoms with Gasteiger partial charge in [-0.1, -0.05) is 0 Å². The van der Waals surface area contributed by atoms with Crippen LogP contribution in [0.3, 0.4) is 0 Å². The third-order valence-corrected chi connectivity index (χ3v) is 5.47. The Hall–Kier alpha value is -3.13. The molecule has 8 heteroatoms. The number of aryl methyl sites for hydroxylation is 1. The minimum Gasteiger partial charge on any atom is -0.496 e. The highest BCUT2D eigenvalue weighted by atomic mass is 19.1. The fraction of sp³-hybridized carbons (Fsp3) is 0.364. The van der Waals surface area contributed by atoms with E-state index in [-0.39, 0.29) is 5.69 Å². The fourth-order valence-corrected chi connectivity index (χ4v) is 3.85. The topological polar surface area (TPSA) is 70.9 Å². The molecule has 7 nitrogen and oxygen atoms in total. The van der Waals surface area contributed by atoms with Crippen molar-refractivity contribution < 1.29 is 13.9 Å². The summed E-state index contributed by atoms with van der Waals surface area (Å²) in [7, 11) is 1.49. The second-order valence-corrected chi connectivity index (χ2v) is 7.60. The summed E-state index contributed by atoms with van der Waals surface area (Å²) in [5.41, 5.74) is 2.76. The van der Waals surface area contributed by atoms with Crippen LogP contribution in [0.2, 0.25) is 0 Å². The molecule has 0 spiro atoms. The van der Waals surface area contributed by atoms with Crippen molar-refractivity contribution in [1.82, 2.24) is 14.7 Å². The van der Waals surface area contributed by atoms with Gasteiger partial charge in [0.05, 0.1) is 24.1 Å². The molecular formula is C22H26FN5O2. The molecule has 1 unspecified atom stereocenters. The molecule has 0 bridgehead atoms. The van der Waals surface area contributed by atoms with Crippen molar-refractivity contribution in [3.8, 4) is 5.75 Å². The molecule has 158 valence electrons. The number of nitrogens with zero attached hydrogens (tertiary/aromatic N) is 3. The lowest BCUT2D eigenvalue weighted by Crippen LogP contribution is -2.34. The van der Waals surface area contributed by atoms with Gasteiger partial charge in [-0.05, 0) is 45.0 Å². The zero-order chi connectivity index (χ0) is 21.3. The lowest BCUT2D eigenvalue weighted by Gasteiger charge is -2.29. The average molecular weight is 411 g/mol. The number of aromatic nitrogens is 2. The predicted molar refractivity (Wildman–Crippen MR) is 115 cm³/mol. The molecule has 2 N–H and O–H groups in total. The number of benzene rings is 1. The number of carbonyl (C=O) groups excluding carboxylic acids is 1. The number of methoxy groups -OCH3 is 1. The number of imidazole rings is 1. The maximum Gasteiger partial charge on any atom is 0.261 e. The Kier molecular flexibility index (Phi) is 5.59. The smallest absolute Gasteiger partial charge is 0.261 e. The van der Waals surface area contributed by atoms with E-state index < -0.39 is 11.7 Å². The van der Waals surface area contributed by atoms with E-state index >= 15 is 0 Å². The van der Waals surface area contributed by atoms with Crippen LogP contribution in [0.5, 0.6) is 5.75 Å². The van der Waals surface area contributed by atoms with E-state index in [1.54, 1.807) is 22.7 Å². The summed E-state index contributed by atoms with van der Waals surface area (Å²) in [4.78, 5) is 19.4. The molecule has 1 saturated heterocycles. The second kappa shape index (κ2) is 8.31. The number of fused-ring (bicyclic) bond motifs is 1. The predicted octanol–water partition coefficient (Wildman–Crippen LogP) is 3.23. The standard InChI is InChI=1S/C22H26FN5O2/c1-14-12-27-13-17(20(30-3)11-21(27)25-14)22(29)26-19-5-4-16(10-18(19)23)28-9-8-24-7-6-15(28)2/h4-5,10-13,15,24H,6-9H2,1-3H3,(H,26,29). The van der Waals surface area contributed by atoms with Crippen molar-refractivity contribution >= 4 is 22.9 Å². The Labute approximate surface area is 174 Å². The summed E-state index contributed by atoms with van der Waals surface area (Å²) in [5.74, 6) is -0.531. The monoisotopic (exact) mass is 411 g/mol. The zero-order valence-corrected chi connectivity index (χ0v) is 17.4. The van der Waals surface area contributed by atoms with Crippen LogP contribution in [-0.4, -0.2) is 48.1 Å². The number of amides is 1. The molecule has 1 aliphatic heterocycles. The number of hydrogen-bond acceptors (Lipinski definition) is 5. The molecule has 2 aromatic heterocycles. The first kappa shape index (κ1) is 20.2. The molecule has 0 radical (unpaired) electrons. The van der Waals surface area contributed by atoms with E-state index in [9.17, 15) is 9.18 Å². The minimum absolute atomic E-state index is 0.133. The molecule has 1 aromatic carbocycles. The highest BCUT2D eigenvalue weighted by Crippen LogP contribution is 2.27. The Morgan fingerprint density at radius 2 is 2.13 bits per heavy atom. The van der Waals surface area contributed by atoms with E-state index in [2.05, 4.69) is 27.4 Å². The number of ether oxygens (including phenoxy) is 1. The van der Waals surface area contributed by atoms with Crippen molar-refractivity contribution in [2.24, 2.45) is 0 Å². The van der Waals surface area contributed by atoms with Crippen molar-refractivity contribution in [1.29, 1.82) is 0 Å². The molecule has 3 aromatic rings. The van der Waals surface area contributed by atoms with Crippen LogP contribution in [0.4, 0.5) is 15.8 Å². The Morgan fingerprint density at radius 3 is 2.90 bits per heavy atom. The Morgan fingerprint density at radius 1 is 1.30 bits per heavy atom. The van der Waals surface area contributed by atoms with Crippen LogP contribution in [0.25, 0.3) is 5.65 Å². The first-order valence-corrected chi connectivity index (χ1v) is 10.1. The zero-order valence-electron chi connectivity index (χ0n) is 17.4. The maximum atomic E-state index is 14.8. The molecule has 1 aliphatic rings. The van der Waals surface area contributed by atoms with Gasteiger partial charge in [-0.3, -0.25) is 4.79 Å². The van der Waals surface area contributed by atoms with Gasteiger partial charge >= 0.3 is 0 Å². The van der Waals surface area contributed by atoms with Crippen LogP contribution in [-0.2, 0) is 0 Å². The van der Waals surface area contributed by atoms with Gasteiger partial charge < -0.3 is 24.7 Å². The van der Waals surface area contributed by atoms with Gasteiger partial charge in [-0.25, -0.2) is 9.37 Å². The second-order valence-electron chi connectivity index (χ2n) is 7.60. The van der Waals surface area contributed by atoms with Gasteiger partial charge in [-0.15, -0.1) is 0 Å². The molecule has 1 amide bonds. The quantitative estimate of drug-likeness (QED) is 0.690. The van der Waals surface area contributed by atoms with Gasteiger partial charge in [0, 0.05) is 43.3 Å². The summed E-state index contributed by atoms with van der Waals surface area (Å²) in [6, 6.07) is 6.95. The summed E-state index contributed by atoms with van der Waals surface area (Å²) >= 11 is 0. The van der Waals surface area contributed by atoms with Gasteiger partial charge in [0.1, 0.15) is 17.2 Å². The SMILES string of the molecule is COc1cc2nc(C)cn2cc1C(=O)Nc1ccc(N2CCNCCC2C)cc1F. The van der Waals surface area contributed by atoms with Crippen molar-refractivity contribution in [3.05, 3.63) is 53.7 Å². The molecule has 4 rings (SSSR count). The molecular weight excluding hydrogens is 385 g/mol. The molecule has 0 aliphatic carbocycles. The van der Waals surface area contributed by atoms with E-state index in [4.69, 9.17) is 4.74 Å². The molecule has 30 heavy (non-hydrogen) atoms. The number of pyridine rings is 1. The minimum atomic E-state index is -0.469. The average Bonchev–Trinajstić information content (AvgIpc) is 2.95. The number of nitrogens with one attached hydrogen (secondary N) is 2. The molecule has 1 fully saturated rings. The number of carbonyl (C=O) groups is 1. The summed E-state index contributed by atoms with van der Waals surface area (Å²) in [6.45, 7) is 6.64. The Balaban J connectivity index is 1.58. The number of rotatable bonds is 4. The van der Waals surface area contributed by atoms with Gasteiger partial charge in [-0.2, -0.15) is 0 Å². The van der Waals surface area contributed by atoms with Crippen molar-refractivity contribution in [3.63, 3.8) is 0 Å². The summed E-state index contributed by atoms with van der Waals surface area (Å²) < 4.78 is 21.9. The number of hydrogen-bond donors (Lipinski definition) is 2. The third-order valence-electron chi connectivity index (χ3n) is 5.47. The van der Waals surface area contributed by atoms with Crippen LogP contribution < -0.4 is 20.3 Å². The van der Waals surface area contributed by atoms with Crippen molar-refractivity contribution in [2.45, 2.75) is 26.3 Å². The lowest BCUT2D eigenvalue weighted by atomic mass is 10.1. The normalized spacial score (nSPS) is 17.1. The van der Waals surface area contributed by atoms with Gasteiger partial charge in [0.15, 0.2) is 0 Å². The molecule has 0 saturated carbocycles. The lowest BCUT2D eigenvalue weighted by molar-refractivity contribution is 0.102. The summed E-state index contributed by atoms with van der Waals surface area (Å²) in [6.07, 6.45) is 4.45. The number of anilines is 2. The fourth-order valence-electron chi connectivity index (χ4n) is 3.85. The van der Waals surface area contributed by atoms with Crippen LogP contribution in [0.15, 0.2) is 36.7 Å². The van der Waals surface area contributed by atoms with Gasteiger partial charge in [0.2, 0.25) is 0 Å². The van der Waals surface area contributed by atoms with Crippen LogP contribution >= 0.6 is 0 Å². The molecule has 3 heterocycles. The highest BCUT2D eigenvalue weighted by Gasteiger charge is 2.20.